The smallest absolute Gasteiger partial charge is 0.167 e. The number of thioether (sulfide) groups is 1. The van der Waals surface area contributed by atoms with Crippen molar-refractivity contribution in [3.63, 3.8) is 0 Å². The number of rotatable bonds is 4. The van der Waals surface area contributed by atoms with Crippen molar-refractivity contribution in [3.05, 3.63) is 17.9 Å². The van der Waals surface area contributed by atoms with E-state index in [9.17, 15) is 4.39 Å². The van der Waals surface area contributed by atoms with Crippen molar-refractivity contribution in [1.29, 1.82) is 0 Å². The van der Waals surface area contributed by atoms with Crippen LogP contribution in [0.4, 0.5) is 10.1 Å². The van der Waals surface area contributed by atoms with Crippen LogP contribution < -0.4 is 10.5 Å². The van der Waals surface area contributed by atoms with Crippen LogP contribution >= 0.6 is 11.8 Å². The van der Waals surface area contributed by atoms with Crippen molar-refractivity contribution in [2.24, 2.45) is 0 Å². The normalized spacial score (nSPS) is 16.8. The monoisotopic (exact) mass is 269 g/mol. The Morgan fingerprint density at radius 1 is 1.33 bits per heavy atom. The van der Waals surface area contributed by atoms with Gasteiger partial charge < -0.3 is 10.5 Å². The molecule has 0 radical (unpaired) electrons. The highest BCUT2D eigenvalue weighted by atomic mass is 32.2. The first kappa shape index (κ1) is 13.5. The Hall–Kier alpha value is -0.900. The number of halogens is 1. The van der Waals surface area contributed by atoms with Crippen molar-refractivity contribution in [2.75, 3.05) is 12.3 Å². The first-order valence-corrected chi connectivity index (χ1v) is 7.47. The first-order valence-electron chi connectivity index (χ1n) is 6.59. The van der Waals surface area contributed by atoms with Crippen LogP contribution in [0.15, 0.2) is 17.0 Å². The summed E-state index contributed by atoms with van der Waals surface area (Å²) in [6.07, 6.45) is 6.37. The lowest BCUT2D eigenvalue weighted by Crippen LogP contribution is -2.08. The Balaban J connectivity index is 2.12. The molecule has 100 valence electrons. The van der Waals surface area contributed by atoms with E-state index in [1.54, 1.807) is 17.8 Å². The molecule has 0 bridgehead atoms. The van der Waals surface area contributed by atoms with Gasteiger partial charge in [-0.15, -0.1) is 11.8 Å². The molecule has 0 aliphatic heterocycles. The van der Waals surface area contributed by atoms with Gasteiger partial charge in [0.15, 0.2) is 11.6 Å². The van der Waals surface area contributed by atoms with Gasteiger partial charge in [-0.05, 0) is 25.8 Å². The van der Waals surface area contributed by atoms with Gasteiger partial charge in [-0.2, -0.15) is 0 Å². The zero-order valence-electron chi connectivity index (χ0n) is 10.7. The molecule has 0 spiro atoms. The van der Waals surface area contributed by atoms with E-state index in [2.05, 4.69) is 0 Å². The van der Waals surface area contributed by atoms with E-state index < -0.39 is 0 Å². The fraction of sp³-hybridized carbons (Fsp3) is 0.571. The maximum absolute atomic E-state index is 13.6. The fourth-order valence-corrected chi connectivity index (χ4v) is 3.58. The van der Waals surface area contributed by atoms with Crippen molar-refractivity contribution < 1.29 is 9.13 Å². The predicted octanol–water partition coefficient (Wildman–Crippen LogP) is 4.23. The molecule has 1 aromatic carbocycles. The van der Waals surface area contributed by atoms with E-state index >= 15 is 0 Å². The van der Waals surface area contributed by atoms with Gasteiger partial charge in [0.2, 0.25) is 0 Å². The lowest BCUT2D eigenvalue weighted by molar-refractivity contribution is 0.321. The molecular weight excluding hydrogens is 249 g/mol. The molecule has 0 amide bonds. The second-order valence-electron chi connectivity index (χ2n) is 4.63. The minimum atomic E-state index is -0.373. The molecule has 0 unspecified atom stereocenters. The molecule has 1 fully saturated rings. The largest absolute Gasteiger partial charge is 0.491 e. The second-order valence-corrected chi connectivity index (χ2v) is 5.97. The molecule has 1 aliphatic rings. The summed E-state index contributed by atoms with van der Waals surface area (Å²) in [5.74, 6) is -0.0626. The van der Waals surface area contributed by atoms with Crippen LogP contribution in [0.2, 0.25) is 0 Å². The maximum atomic E-state index is 13.6. The van der Waals surface area contributed by atoms with Crippen LogP contribution in [-0.2, 0) is 0 Å². The summed E-state index contributed by atoms with van der Waals surface area (Å²) in [6, 6.07) is 3.11. The molecule has 2 rings (SSSR count). The van der Waals surface area contributed by atoms with E-state index in [1.807, 2.05) is 6.92 Å². The minimum Gasteiger partial charge on any atom is -0.491 e. The van der Waals surface area contributed by atoms with Crippen LogP contribution in [0.5, 0.6) is 5.75 Å². The molecule has 1 aliphatic carbocycles. The minimum absolute atomic E-state index is 0.310. The van der Waals surface area contributed by atoms with Gasteiger partial charge in [-0.25, -0.2) is 4.39 Å². The van der Waals surface area contributed by atoms with Gasteiger partial charge in [0.25, 0.3) is 0 Å². The third-order valence-electron chi connectivity index (χ3n) is 3.21. The second kappa shape index (κ2) is 6.32. The van der Waals surface area contributed by atoms with Crippen molar-refractivity contribution >= 4 is 17.4 Å². The van der Waals surface area contributed by atoms with E-state index in [-0.39, 0.29) is 5.82 Å². The van der Waals surface area contributed by atoms with Crippen LogP contribution in [0, 0.1) is 5.82 Å². The third kappa shape index (κ3) is 3.31. The summed E-state index contributed by atoms with van der Waals surface area (Å²) in [6.45, 7) is 2.32. The maximum Gasteiger partial charge on any atom is 0.167 e. The molecule has 2 N–H and O–H groups in total. The quantitative estimate of drug-likeness (QED) is 0.831. The highest BCUT2D eigenvalue weighted by Crippen LogP contribution is 2.38. The fourth-order valence-electron chi connectivity index (χ4n) is 2.28. The molecule has 0 aromatic heterocycles. The number of nitrogen functional groups attached to an aromatic ring is 1. The van der Waals surface area contributed by atoms with Crippen LogP contribution in [0.1, 0.15) is 39.0 Å². The zero-order valence-corrected chi connectivity index (χ0v) is 11.6. The van der Waals surface area contributed by atoms with Gasteiger partial charge in [0.1, 0.15) is 0 Å². The molecule has 0 atom stereocenters. The Bertz CT molecular complexity index is 405. The lowest BCUT2D eigenvalue weighted by atomic mass is 10.0. The van der Waals surface area contributed by atoms with E-state index in [0.717, 1.165) is 4.90 Å². The summed E-state index contributed by atoms with van der Waals surface area (Å²) in [5, 5.41) is 0.612. The van der Waals surface area contributed by atoms with Gasteiger partial charge in [-0.1, -0.05) is 19.3 Å². The van der Waals surface area contributed by atoms with E-state index in [4.69, 9.17) is 10.5 Å². The van der Waals surface area contributed by atoms with Gasteiger partial charge >= 0.3 is 0 Å². The van der Waals surface area contributed by atoms with E-state index in [1.165, 1.54) is 38.2 Å². The zero-order chi connectivity index (χ0) is 13.0. The molecule has 0 saturated heterocycles. The number of hydrogen-bond acceptors (Lipinski definition) is 3. The van der Waals surface area contributed by atoms with Crippen molar-refractivity contribution in [3.8, 4) is 5.75 Å². The van der Waals surface area contributed by atoms with Crippen LogP contribution in [-0.4, -0.2) is 11.9 Å². The van der Waals surface area contributed by atoms with Crippen molar-refractivity contribution in [2.45, 2.75) is 49.2 Å². The average molecular weight is 269 g/mol. The number of anilines is 1. The Labute approximate surface area is 112 Å². The molecular formula is C14H20FNOS. The standard InChI is InChI=1S/C14H20FNOS/c1-2-17-13-9-14(12(16)8-11(13)15)18-10-6-4-3-5-7-10/h8-10H,2-7,16H2,1H3. The molecule has 1 aromatic rings. The predicted molar refractivity (Wildman–Crippen MR) is 74.7 cm³/mol. The SMILES string of the molecule is CCOc1cc(SC2CCCCC2)c(N)cc1F. The summed E-state index contributed by atoms with van der Waals surface area (Å²) in [5.41, 5.74) is 6.41. The topological polar surface area (TPSA) is 35.2 Å². The average Bonchev–Trinajstić information content (AvgIpc) is 2.37. The number of ether oxygens (including phenoxy) is 1. The highest BCUT2D eigenvalue weighted by Gasteiger charge is 2.17. The van der Waals surface area contributed by atoms with Gasteiger partial charge in [0.05, 0.1) is 6.61 Å². The van der Waals surface area contributed by atoms with Crippen LogP contribution in [0.3, 0.4) is 0 Å². The summed E-state index contributed by atoms with van der Waals surface area (Å²) in [7, 11) is 0. The Morgan fingerprint density at radius 3 is 2.72 bits per heavy atom. The molecule has 18 heavy (non-hydrogen) atoms. The Morgan fingerprint density at radius 2 is 2.06 bits per heavy atom. The number of nitrogens with two attached hydrogens (primary N) is 1. The van der Waals surface area contributed by atoms with Gasteiger partial charge in [0, 0.05) is 21.9 Å². The summed E-state index contributed by atoms with van der Waals surface area (Å²) >= 11 is 1.77. The highest BCUT2D eigenvalue weighted by molar-refractivity contribution is 8.00. The molecule has 0 heterocycles. The van der Waals surface area contributed by atoms with Gasteiger partial charge in [-0.3, -0.25) is 0 Å². The molecule has 4 heteroatoms. The number of hydrogen-bond donors (Lipinski definition) is 1. The summed E-state index contributed by atoms with van der Waals surface area (Å²) in [4.78, 5) is 0.951. The number of benzene rings is 1. The van der Waals surface area contributed by atoms with Crippen molar-refractivity contribution in [1.82, 2.24) is 0 Å². The Kier molecular flexibility index (Phi) is 4.75. The lowest BCUT2D eigenvalue weighted by Gasteiger charge is -2.22. The molecule has 2 nitrogen and oxygen atoms in total. The third-order valence-corrected chi connectivity index (χ3v) is 4.62. The summed E-state index contributed by atoms with van der Waals surface area (Å²) < 4.78 is 18.9. The molecule has 1 saturated carbocycles. The van der Waals surface area contributed by atoms with Crippen LogP contribution in [0.25, 0.3) is 0 Å². The van der Waals surface area contributed by atoms with E-state index in [0.29, 0.717) is 23.3 Å². The first-order chi connectivity index (χ1) is 8.70.